The fourth-order valence-electron chi connectivity index (χ4n) is 6.20. The van der Waals surface area contributed by atoms with E-state index in [4.69, 9.17) is 17.2 Å². The van der Waals surface area contributed by atoms with Crippen molar-refractivity contribution < 1.29 is 82.8 Å². The Kier molecular flexibility index (Phi) is 26.5. The van der Waals surface area contributed by atoms with Gasteiger partial charge >= 0.3 is 23.9 Å². The molecule has 0 aromatic carbocycles. The number of nitrogens with two attached hydrogens (primary N) is 3. The van der Waals surface area contributed by atoms with E-state index in [9.17, 15) is 82.8 Å². The molecule has 8 atom stereocenters. The predicted octanol–water partition coefficient (Wildman–Crippen LogP) is -4.11. The molecule has 0 bridgehead atoms. The largest absolute Gasteiger partial charge is 0.481 e. The molecule has 9 amide bonds. The summed E-state index contributed by atoms with van der Waals surface area (Å²) in [4.78, 5) is 164. The minimum atomic E-state index is -2.06. The van der Waals surface area contributed by atoms with E-state index < -0.39 is 170 Å². The lowest BCUT2D eigenvalue weighted by Crippen LogP contribution is -2.61. The molecule has 0 spiro atoms. The fourth-order valence-corrected chi connectivity index (χ4v) is 6.20. The first-order chi connectivity index (χ1) is 30.9. The molecule has 27 nitrogen and oxygen atoms in total. The number of rotatable bonds is 33. The predicted molar refractivity (Wildman–Crippen MR) is 231 cm³/mol. The number of hydrogen-bond acceptors (Lipinski definition) is 14. The second-order valence-electron chi connectivity index (χ2n) is 17.1. The Morgan fingerprint density at radius 2 is 0.657 bits per heavy atom. The number of nitrogens with one attached hydrogen (secondary N) is 7. The Morgan fingerprint density at radius 1 is 0.373 bits per heavy atom. The summed E-state index contributed by atoms with van der Waals surface area (Å²) < 4.78 is 0. The third-order valence-corrected chi connectivity index (χ3v) is 9.37. The van der Waals surface area contributed by atoms with Crippen molar-refractivity contribution in [3.05, 3.63) is 0 Å². The van der Waals surface area contributed by atoms with Gasteiger partial charge in [-0.25, -0.2) is 4.79 Å². The fraction of sp³-hybridized carbons (Fsp3) is 0.675. The first-order valence-corrected chi connectivity index (χ1v) is 21.3. The Balaban J connectivity index is 6.71. The van der Waals surface area contributed by atoms with Gasteiger partial charge in [0.2, 0.25) is 53.2 Å². The van der Waals surface area contributed by atoms with E-state index in [0.29, 0.717) is 0 Å². The molecule has 0 radical (unpaired) electrons. The number of primary amides is 2. The summed E-state index contributed by atoms with van der Waals surface area (Å²) >= 11 is 0. The van der Waals surface area contributed by atoms with Gasteiger partial charge in [0, 0.05) is 12.8 Å². The van der Waals surface area contributed by atoms with Crippen molar-refractivity contribution in [3.63, 3.8) is 0 Å². The summed E-state index contributed by atoms with van der Waals surface area (Å²) in [5, 5.41) is 53.0. The molecule has 0 saturated heterocycles. The summed E-state index contributed by atoms with van der Waals surface area (Å²) in [6.45, 7) is 10.4. The van der Waals surface area contributed by atoms with Crippen molar-refractivity contribution in [3.8, 4) is 0 Å². The highest BCUT2D eigenvalue weighted by Gasteiger charge is 2.36. The third-order valence-electron chi connectivity index (χ3n) is 9.37. The van der Waals surface area contributed by atoms with Crippen LogP contribution in [0.4, 0.5) is 0 Å². The van der Waals surface area contributed by atoms with Gasteiger partial charge < -0.3 is 74.8 Å². The van der Waals surface area contributed by atoms with Gasteiger partial charge in [0.1, 0.15) is 42.3 Å². The molecule has 0 rings (SSSR count). The SMILES string of the molecule is CC(C)C[C@H](NC(=O)[C@H](CC(=O)O)NC(=O)[C@H](CC(N)=O)NC(=O)[C@H](CC(N)=O)NC(=O)[C@H](CCC(=O)O)NC(=O)[C@H](CCC(=O)O)NC(=O)[C@H](CC(C)C)NC(=O)[C@@H](N)CC(C)C)C(=O)O. The van der Waals surface area contributed by atoms with Crippen LogP contribution in [0.5, 0.6) is 0 Å². The number of carbonyl (C=O) groups excluding carboxylic acids is 9. The molecule has 0 aliphatic carbocycles. The maximum absolute atomic E-state index is 13.7. The van der Waals surface area contributed by atoms with Gasteiger partial charge in [-0.15, -0.1) is 0 Å². The van der Waals surface area contributed by atoms with Gasteiger partial charge in [0.15, 0.2) is 0 Å². The van der Waals surface area contributed by atoms with Crippen LogP contribution in [0, 0.1) is 17.8 Å². The molecule has 17 N–H and O–H groups in total. The zero-order valence-corrected chi connectivity index (χ0v) is 38.3. The highest BCUT2D eigenvalue weighted by Crippen LogP contribution is 2.11. The molecule has 0 aliphatic heterocycles. The maximum Gasteiger partial charge on any atom is 0.326 e. The van der Waals surface area contributed by atoms with Crippen LogP contribution in [-0.4, -0.2) is 146 Å². The van der Waals surface area contributed by atoms with Gasteiger partial charge in [0.25, 0.3) is 0 Å². The van der Waals surface area contributed by atoms with Gasteiger partial charge in [0.05, 0.1) is 25.3 Å². The molecule has 0 saturated carbocycles. The number of carboxylic acid groups (broad SMARTS) is 4. The van der Waals surface area contributed by atoms with E-state index in [2.05, 4.69) is 26.6 Å². The lowest BCUT2D eigenvalue weighted by Gasteiger charge is -2.27. The van der Waals surface area contributed by atoms with Crippen LogP contribution in [0.25, 0.3) is 0 Å². The summed E-state index contributed by atoms with van der Waals surface area (Å²) in [5.74, 6) is -17.3. The highest BCUT2D eigenvalue weighted by atomic mass is 16.4. The number of carbonyl (C=O) groups is 13. The van der Waals surface area contributed by atoms with Crippen LogP contribution < -0.4 is 54.4 Å². The Morgan fingerprint density at radius 3 is 0.970 bits per heavy atom. The van der Waals surface area contributed by atoms with Crippen LogP contribution in [0.1, 0.15) is 106 Å². The molecule has 378 valence electrons. The van der Waals surface area contributed by atoms with Crippen LogP contribution in [-0.2, 0) is 62.3 Å². The summed E-state index contributed by atoms with van der Waals surface area (Å²) in [6.07, 6.45) is -5.81. The second kappa shape index (κ2) is 29.6. The molecular weight excluding hydrogens is 892 g/mol. The average molecular weight is 959 g/mol. The van der Waals surface area contributed by atoms with Crippen LogP contribution >= 0.6 is 0 Å². The first-order valence-electron chi connectivity index (χ1n) is 21.3. The lowest BCUT2D eigenvalue weighted by molar-refractivity contribution is -0.144. The maximum atomic E-state index is 13.7. The van der Waals surface area contributed by atoms with E-state index >= 15 is 0 Å². The van der Waals surface area contributed by atoms with Crippen molar-refractivity contribution in [2.75, 3.05) is 0 Å². The number of aliphatic carboxylic acids is 4. The number of carboxylic acids is 4. The molecule has 0 fully saturated rings. The van der Waals surface area contributed by atoms with E-state index in [1.807, 2.05) is 24.5 Å². The Labute approximate surface area is 385 Å². The van der Waals surface area contributed by atoms with Crippen molar-refractivity contribution in [2.24, 2.45) is 35.0 Å². The monoisotopic (exact) mass is 958 g/mol. The molecule has 0 aliphatic rings. The highest BCUT2D eigenvalue weighted by molar-refractivity contribution is 6.00. The average Bonchev–Trinajstić information content (AvgIpc) is 3.17. The first kappa shape index (κ1) is 60.1. The van der Waals surface area contributed by atoms with Gasteiger partial charge in [-0.3, -0.25) is 57.5 Å². The molecule has 0 aromatic rings. The van der Waals surface area contributed by atoms with Crippen molar-refractivity contribution in [1.82, 2.24) is 37.2 Å². The molecule has 0 heterocycles. The summed E-state index contributed by atoms with van der Waals surface area (Å²) in [5.41, 5.74) is 16.5. The van der Waals surface area contributed by atoms with E-state index in [0.717, 1.165) is 0 Å². The van der Waals surface area contributed by atoms with E-state index in [-0.39, 0.29) is 37.0 Å². The lowest BCUT2D eigenvalue weighted by atomic mass is 10.00. The number of hydrogen-bond donors (Lipinski definition) is 14. The zero-order chi connectivity index (χ0) is 51.9. The van der Waals surface area contributed by atoms with Gasteiger partial charge in [-0.1, -0.05) is 41.5 Å². The van der Waals surface area contributed by atoms with Gasteiger partial charge in [-0.05, 0) is 49.9 Å². The number of amides is 9. The Bertz CT molecular complexity index is 1820. The summed E-state index contributed by atoms with van der Waals surface area (Å²) in [6, 6.07) is -13.5. The molecular formula is C40H66N10O17. The van der Waals surface area contributed by atoms with E-state index in [1.165, 1.54) is 0 Å². The zero-order valence-electron chi connectivity index (χ0n) is 38.3. The van der Waals surface area contributed by atoms with Crippen molar-refractivity contribution in [2.45, 2.75) is 154 Å². The molecule has 67 heavy (non-hydrogen) atoms. The van der Waals surface area contributed by atoms with Crippen molar-refractivity contribution in [1.29, 1.82) is 0 Å². The molecule has 0 aromatic heterocycles. The normalized spacial score (nSPS) is 14.7. The summed E-state index contributed by atoms with van der Waals surface area (Å²) in [7, 11) is 0. The van der Waals surface area contributed by atoms with Crippen LogP contribution in [0.3, 0.4) is 0 Å². The molecule has 0 unspecified atom stereocenters. The Hall–Kier alpha value is -6.93. The standard InChI is InChI=1S/C40H66N10O17/c1-17(2)11-20(41)33(59)46-23(12-18(3)4)36(62)45-21(7-9-30(53)54)34(60)44-22(8-10-31(55)56)35(61)47-24(14-28(42)51)37(63)48-25(15-29(43)52)38(64)49-26(16-32(57)58)39(65)50-27(40(66)67)13-19(5)6/h17-27H,7-16,41H2,1-6H3,(H2,42,51)(H2,43,52)(H,44,60)(H,45,62)(H,46,59)(H,47,61)(H,48,63)(H,49,64)(H,50,65)(H,53,54)(H,55,56)(H,57,58)(H,66,67)/t20-,21-,22-,23-,24-,25-,26-,27-/m0/s1. The smallest absolute Gasteiger partial charge is 0.326 e. The second-order valence-corrected chi connectivity index (χ2v) is 17.1. The van der Waals surface area contributed by atoms with Gasteiger partial charge in [-0.2, -0.15) is 0 Å². The quantitative estimate of drug-likeness (QED) is 0.0297. The van der Waals surface area contributed by atoms with E-state index in [1.54, 1.807) is 27.7 Å². The van der Waals surface area contributed by atoms with Crippen LogP contribution in [0.15, 0.2) is 0 Å². The third kappa shape index (κ3) is 25.4. The minimum Gasteiger partial charge on any atom is -0.481 e. The minimum absolute atomic E-state index is 0.0161. The van der Waals surface area contributed by atoms with Crippen LogP contribution in [0.2, 0.25) is 0 Å². The molecule has 27 heteroatoms. The van der Waals surface area contributed by atoms with Crippen molar-refractivity contribution >= 4 is 77.0 Å². The topological polar surface area (TPSA) is 465 Å².